The minimum Gasteiger partial charge on any atom is -0.346 e. The maximum absolute atomic E-state index is 12.8. The van der Waals surface area contributed by atoms with Crippen LogP contribution in [0.15, 0.2) is 77.7 Å². The molecular formula is C23H24N2O3S. The molecule has 0 unspecified atom stereocenters. The maximum Gasteiger partial charge on any atom is 0.262 e. The zero-order chi connectivity index (χ0) is 21.0. The Morgan fingerprint density at radius 1 is 0.897 bits per heavy atom. The normalized spacial score (nSPS) is 12.2. The molecule has 2 N–H and O–H groups in total. The molecular weight excluding hydrogens is 384 g/mol. The number of aryl methyl sites for hydroxylation is 2. The van der Waals surface area contributed by atoms with Gasteiger partial charge in [0.1, 0.15) is 0 Å². The van der Waals surface area contributed by atoms with Crippen LogP contribution in [0.3, 0.4) is 0 Å². The summed E-state index contributed by atoms with van der Waals surface area (Å²) in [5.41, 5.74) is 3.24. The predicted molar refractivity (Wildman–Crippen MR) is 115 cm³/mol. The first-order chi connectivity index (χ1) is 13.8. The number of hydrogen-bond acceptors (Lipinski definition) is 3. The van der Waals surface area contributed by atoms with Crippen LogP contribution in [0.1, 0.15) is 40.0 Å². The van der Waals surface area contributed by atoms with Crippen LogP contribution < -0.4 is 10.0 Å². The first-order valence-corrected chi connectivity index (χ1v) is 10.8. The van der Waals surface area contributed by atoms with E-state index in [9.17, 15) is 13.2 Å². The third-order valence-electron chi connectivity index (χ3n) is 4.66. The molecule has 0 aliphatic carbocycles. The van der Waals surface area contributed by atoms with E-state index >= 15 is 0 Å². The van der Waals surface area contributed by atoms with Crippen molar-refractivity contribution in [3.05, 3.63) is 95.1 Å². The molecule has 0 aliphatic rings. The second kappa shape index (κ2) is 8.49. The quantitative estimate of drug-likeness (QED) is 0.626. The molecule has 29 heavy (non-hydrogen) atoms. The molecule has 5 nitrogen and oxygen atoms in total. The lowest BCUT2D eigenvalue weighted by atomic mass is 10.1. The van der Waals surface area contributed by atoms with Crippen molar-refractivity contribution in [3.63, 3.8) is 0 Å². The number of benzene rings is 3. The SMILES string of the molecule is Cc1ccc(C)c(S(=O)(=O)Nc2cccc(C(=O)N[C@H](C)c3ccccc3)c2)c1. The van der Waals surface area contributed by atoms with E-state index in [0.717, 1.165) is 11.1 Å². The summed E-state index contributed by atoms with van der Waals surface area (Å²) >= 11 is 0. The molecule has 1 atom stereocenters. The fourth-order valence-electron chi connectivity index (χ4n) is 3.04. The topological polar surface area (TPSA) is 75.3 Å². The van der Waals surface area contributed by atoms with Crippen LogP contribution in [0.5, 0.6) is 0 Å². The molecule has 6 heteroatoms. The van der Waals surface area contributed by atoms with Gasteiger partial charge in [-0.05, 0) is 61.7 Å². The lowest BCUT2D eigenvalue weighted by molar-refractivity contribution is 0.0940. The van der Waals surface area contributed by atoms with Gasteiger partial charge in [0.2, 0.25) is 0 Å². The molecule has 0 heterocycles. The molecule has 3 aromatic rings. The van der Waals surface area contributed by atoms with Crippen molar-refractivity contribution < 1.29 is 13.2 Å². The van der Waals surface area contributed by atoms with Gasteiger partial charge >= 0.3 is 0 Å². The standard InChI is InChI=1S/C23H24N2O3S/c1-16-12-13-17(2)22(14-16)29(27,28)25-21-11-7-10-20(15-21)23(26)24-18(3)19-8-5-4-6-9-19/h4-15,18,25H,1-3H3,(H,24,26)/t18-/m1/s1. The van der Waals surface area contributed by atoms with E-state index in [4.69, 9.17) is 0 Å². The number of sulfonamides is 1. The third kappa shape index (κ3) is 5.03. The fraction of sp³-hybridized carbons (Fsp3) is 0.174. The Morgan fingerprint density at radius 3 is 2.34 bits per heavy atom. The number of anilines is 1. The van der Waals surface area contributed by atoms with Gasteiger partial charge in [0, 0.05) is 11.3 Å². The van der Waals surface area contributed by atoms with Crippen molar-refractivity contribution in [1.29, 1.82) is 0 Å². The number of carbonyl (C=O) groups excluding carboxylic acids is 1. The zero-order valence-corrected chi connectivity index (χ0v) is 17.5. The van der Waals surface area contributed by atoms with Gasteiger partial charge in [-0.25, -0.2) is 8.42 Å². The molecule has 0 bridgehead atoms. The van der Waals surface area contributed by atoms with Gasteiger partial charge in [0.25, 0.3) is 15.9 Å². The summed E-state index contributed by atoms with van der Waals surface area (Å²) < 4.78 is 28.2. The van der Waals surface area contributed by atoms with Crippen molar-refractivity contribution in [1.82, 2.24) is 5.32 Å². The van der Waals surface area contributed by atoms with Crippen molar-refractivity contribution in [2.45, 2.75) is 31.7 Å². The Labute approximate surface area is 171 Å². The number of carbonyl (C=O) groups is 1. The first-order valence-electron chi connectivity index (χ1n) is 9.32. The van der Waals surface area contributed by atoms with Crippen LogP contribution in [-0.4, -0.2) is 14.3 Å². The average molecular weight is 409 g/mol. The van der Waals surface area contributed by atoms with Gasteiger partial charge in [-0.15, -0.1) is 0 Å². The van der Waals surface area contributed by atoms with Crippen LogP contribution in [0.25, 0.3) is 0 Å². The molecule has 0 aliphatic heterocycles. The van der Waals surface area contributed by atoms with E-state index in [0.29, 0.717) is 16.8 Å². The lowest BCUT2D eigenvalue weighted by Crippen LogP contribution is -2.26. The third-order valence-corrected chi connectivity index (χ3v) is 6.18. The molecule has 3 aromatic carbocycles. The van der Waals surface area contributed by atoms with E-state index in [1.165, 1.54) is 6.07 Å². The number of hydrogen-bond donors (Lipinski definition) is 2. The minimum atomic E-state index is -3.76. The average Bonchev–Trinajstić information content (AvgIpc) is 2.70. The second-order valence-electron chi connectivity index (χ2n) is 7.06. The Kier molecular flexibility index (Phi) is 6.03. The summed E-state index contributed by atoms with van der Waals surface area (Å²) in [7, 11) is -3.76. The monoisotopic (exact) mass is 408 g/mol. The first kappa shape index (κ1) is 20.6. The lowest BCUT2D eigenvalue weighted by Gasteiger charge is -2.15. The van der Waals surface area contributed by atoms with Crippen LogP contribution >= 0.6 is 0 Å². The molecule has 0 aromatic heterocycles. The van der Waals surface area contributed by atoms with Gasteiger partial charge in [-0.1, -0.05) is 48.5 Å². The van der Waals surface area contributed by atoms with Crippen LogP contribution in [0, 0.1) is 13.8 Å². The van der Waals surface area contributed by atoms with Crippen LogP contribution in [-0.2, 0) is 10.0 Å². The largest absolute Gasteiger partial charge is 0.346 e. The highest BCUT2D eigenvalue weighted by atomic mass is 32.2. The Morgan fingerprint density at radius 2 is 1.62 bits per heavy atom. The highest BCUT2D eigenvalue weighted by molar-refractivity contribution is 7.92. The van der Waals surface area contributed by atoms with E-state index in [1.807, 2.05) is 50.2 Å². The van der Waals surface area contributed by atoms with Gasteiger partial charge in [-0.2, -0.15) is 0 Å². The van der Waals surface area contributed by atoms with Crippen LogP contribution in [0.4, 0.5) is 5.69 Å². The van der Waals surface area contributed by atoms with Crippen molar-refractivity contribution in [3.8, 4) is 0 Å². The van der Waals surface area contributed by atoms with Gasteiger partial charge in [-0.3, -0.25) is 9.52 Å². The Balaban J connectivity index is 1.79. The number of rotatable bonds is 6. The minimum absolute atomic E-state index is 0.168. The highest BCUT2D eigenvalue weighted by Gasteiger charge is 2.18. The molecule has 150 valence electrons. The molecule has 0 spiro atoms. The maximum atomic E-state index is 12.8. The van der Waals surface area contributed by atoms with Crippen molar-refractivity contribution >= 4 is 21.6 Å². The fourth-order valence-corrected chi connectivity index (χ4v) is 4.42. The van der Waals surface area contributed by atoms with Crippen molar-refractivity contribution in [2.24, 2.45) is 0 Å². The summed E-state index contributed by atoms with van der Waals surface area (Å²) in [5.74, 6) is -0.269. The number of nitrogens with one attached hydrogen (secondary N) is 2. The molecule has 1 amide bonds. The van der Waals surface area contributed by atoms with Crippen molar-refractivity contribution in [2.75, 3.05) is 4.72 Å². The molecule has 0 radical (unpaired) electrons. The highest BCUT2D eigenvalue weighted by Crippen LogP contribution is 2.21. The Bertz CT molecular complexity index is 1130. The van der Waals surface area contributed by atoms with Gasteiger partial charge in [0.15, 0.2) is 0 Å². The van der Waals surface area contributed by atoms with E-state index in [-0.39, 0.29) is 16.8 Å². The van der Waals surface area contributed by atoms with Gasteiger partial charge < -0.3 is 5.32 Å². The van der Waals surface area contributed by atoms with E-state index < -0.39 is 10.0 Å². The summed E-state index contributed by atoms with van der Waals surface area (Å²) in [6, 6.07) is 21.2. The zero-order valence-electron chi connectivity index (χ0n) is 16.6. The molecule has 3 rings (SSSR count). The summed E-state index contributed by atoms with van der Waals surface area (Å²) in [5, 5.41) is 2.93. The molecule has 0 saturated carbocycles. The predicted octanol–water partition coefficient (Wildman–Crippen LogP) is 4.60. The van der Waals surface area contributed by atoms with Crippen LogP contribution in [0.2, 0.25) is 0 Å². The van der Waals surface area contributed by atoms with Gasteiger partial charge in [0.05, 0.1) is 10.9 Å². The summed E-state index contributed by atoms with van der Waals surface area (Å²) in [6.07, 6.45) is 0. The number of amides is 1. The molecule has 0 fully saturated rings. The summed E-state index contributed by atoms with van der Waals surface area (Å²) in [6.45, 7) is 5.50. The molecule has 0 saturated heterocycles. The Hall–Kier alpha value is -3.12. The van der Waals surface area contributed by atoms with E-state index in [2.05, 4.69) is 10.0 Å². The smallest absolute Gasteiger partial charge is 0.262 e. The van der Waals surface area contributed by atoms with E-state index in [1.54, 1.807) is 37.3 Å². The second-order valence-corrected chi connectivity index (χ2v) is 8.71. The summed E-state index contributed by atoms with van der Waals surface area (Å²) in [4.78, 5) is 12.9.